The third kappa shape index (κ3) is 7.00. The van der Waals surface area contributed by atoms with Crippen molar-refractivity contribution in [2.24, 2.45) is 23.2 Å². The maximum atomic E-state index is 13.1. The van der Waals surface area contributed by atoms with Crippen molar-refractivity contribution in [2.45, 2.75) is 100 Å². The lowest BCUT2D eigenvalue weighted by atomic mass is 9.52. The number of aromatic nitrogens is 3. The van der Waals surface area contributed by atoms with Crippen LogP contribution in [0.3, 0.4) is 0 Å². The molecule has 55 heavy (non-hydrogen) atoms. The largest absolute Gasteiger partial charge is 0.508 e. The highest BCUT2D eigenvalue weighted by molar-refractivity contribution is 5.92. The molecule has 5 aliphatic rings. The molecular formula is C39H46F3N5O8. The molecule has 6 N–H and O–H groups in total. The van der Waals surface area contributed by atoms with Gasteiger partial charge in [-0.2, -0.15) is 13.2 Å². The molecule has 3 aromatic rings. The van der Waals surface area contributed by atoms with E-state index >= 15 is 0 Å². The number of halogens is 3. The summed E-state index contributed by atoms with van der Waals surface area (Å²) in [6.45, 7) is 2.20. The highest BCUT2D eigenvalue weighted by Crippen LogP contribution is 2.62. The third-order valence-electron chi connectivity index (χ3n) is 12.9. The number of nitrogens with one attached hydrogen (secondary N) is 2. The van der Waals surface area contributed by atoms with Crippen LogP contribution in [0.25, 0.3) is 0 Å². The van der Waals surface area contributed by atoms with Crippen LogP contribution in [0.1, 0.15) is 78.7 Å². The van der Waals surface area contributed by atoms with Crippen LogP contribution in [-0.4, -0.2) is 97.5 Å². The summed E-state index contributed by atoms with van der Waals surface area (Å²) in [5.41, 5.74) is -0.0890. The number of fused-ring (bicyclic) bond motifs is 7. The number of carbonyl (C=O) groups excluding carboxylic acids is 1. The second kappa shape index (κ2) is 14.4. The number of benzene rings is 1. The molecule has 2 aromatic heterocycles. The minimum absolute atomic E-state index is 0.0303. The molecule has 0 spiro atoms. The topological polar surface area (TPSA) is 188 Å². The SMILES string of the molecule is C[C@]12CCC3c4ccc(O)cc4CC(CCCNC(=O)c4ccc(OC[C@@]56CO[C@@H](O5)[C@H](Nc5cccc(C(F)(F)F)n5)[C@@H](O)[C@H]6O)nn4)C3C1CC[C@@H]2O. The lowest BCUT2D eigenvalue weighted by Gasteiger charge is -2.53. The van der Waals surface area contributed by atoms with Crippen molar-refractivity contribution in [1.82, 2.24) is 20.5 Å². The fraction of sp³-hybridized carbons (Fsp3) is 0.590. The number of phenolic OH excluding ortho intramolecular Hbond substituents is 1. The van der Waals surface area contributed by atoms with Gasteiger partial charge in [0, 0.05) is 12.6 Å². The summed E-state index contributed by atoms with van der Waals surface area (Å²) >= 11 is 0. The van der Waals surface area contributed by atoms with Crippen molar-refractivity contribution in [1.29, 1.82) is 0 Å². The van der Waals surface area contributed by atoms with Crippen LogP contribution >= 0.6 is 0 Å². The number of phenols is 1. The summed E-state index contributed by atoms with van der Waals surface area (Å²) in [4.78, 5) is 16.6. The van der Waals surface area contributed by atoms with E-state index in [1.165, 1.54) is 35.4 Å². The van der Waals surface area contributed by atoms with E-state index in [-0.39, 0.29) is 47.9 Å². The van der Waals surface area contributed by atoms with Gasteiger partial charge < -0.3 is 45.3 Å². The van der Waals surface area contributed by atoms with Gasteiger partial charge in [-0.25, -0.2) is 4.98 Å². The van der Waals surface area contributed by atoms with Crippen LogP contribution in [0.5, 0.6) is 11.6 Å². The Morgan fingerprint density at radius 3 is 2.69 bits per heavy atom. The molecule has 2 aliphatic heterocycles. The van der Waals surface area contributed by atoms with E-state index in [9.17, 15) is 38.4 Å². The predicted octanol–water partition coefficient (Wildman–Crippen LogP) is 3.96. The highest BCUT2D eigenvalue weighted by atomic mass is 19.4. The molecular weight excluding hydrogens is 723 g/mol. The molecule has 11 atom stereocenters. The van der Waals surface area contributed by atoms with Gasteiger partial charge in [-0.05, 0) is 115 Å². The number of aliphatic hydroxyl groups is 3. The molecule has 3 aliphatic carbocycles. The minimum Gasteiger partial charge on any atom is -0.508 e. The van der Waals surface area contributed by atoms with Crippen molar-refractivity contribution in [3.63, 3.8) is 0 Å². The monoisotopic (exact) mass is 769 g/mol. The van der Waals surface area contributed by atoms with Gasteiger partial charge in [-0.1, -0.05) is 19.1 Å². The van der Waals surface area contributed by atoms with Crippen molar-refractivity contribution in [3.8, 4) is 11.6 Å². The second-order valence-electron chi connectivity index (χ2n) is 16.1. The number of rotatable bonds is 10. The van der Waals surface area contributed by atoms with E-state index in [4.69, 9.17) is 14.2 Å². The fourth-order valence-corrected chi connectivity index (χ4v) is 10.1. The summed E-state index contributed by atoms with van der Waals surface area (Å²) in [5.74, 6) is 1.36. The third-order valence-corrected chi connectivity index (χ3v) is 12.9. The van der Waals surface area contributed by atoms with E-state index in [1.807, 2.05) is 6.07 Å². The molecule has 4 unspecified atom stereocenters. The Morgan fingerprint density at radius 1 is 1.07 bits per heavy atom. The van der Waals surface area contributed by atoms with Gasteiger partial charge >= 0.3 is 6.18 Å². The Balaban J connectivity index is 0.838. The van der Waals surface area contributed by atoms with Gasteiger partial charge in [0.1, 0.15) is 42.1 Å². The molecule has 2 saturated heterocycles. The second-order valence-corrected chi connectivity index (χ2v) is 16.1. The van der Waals surface area contributed by atoms with Crippen LogP contribution in [-0.2, 0) is 22.1 Å². The zero-order chi connectivity index (χ0) is 38.7. The first-order chi connectivity index (χ1) is 26.3. The van der Waals surface area contributed by atoms with Crippen molar-refractivity contribution in [2.75, 3.05) is 25.1 Å². The number of hydrogen-bond acceptors (Lipinski definition) is 12. The number of hydrogen-bond donors (Lipinski definition) is 6. The minimum atomic E-state index is -4.67. The van der Waals surface area contributed by atoms with Crippen molar-refractivity contribution < 1.29 is 52.6 Å². The Morgan fingerprint density at radius 2 is 1.91 bits per heavy atom. The Hall–Kier alpha value is -4.09. The average Bonchev–Trinajstić information content (AvgIpc) is 3.72. The number of aromatic hydroxyl groups is 1. The Labute approximate surface area is 315 Å². The lowest BCUT2D eigenvalue weighted by Crippen LogP contribution is -2.64. The summed E-state index contributed by atoms with van der Waals surface area (Å²) < 4.78 is 56.7. The Bertz CT molecular complexity index is 1890. The van der Waals surface area contributed by atoms with Gasteiger partial charge in [0.25, 0.3) is 5.91 Å². The quantitative estimate of drug-likeness (QED) is 0.163. The summed E-state index contributed by atoms with van der Waals surface area (Å²) in [5, 5.41) is 56.8. The first-order valence-electron chi connectivity index (χ1n) is 19.0. The number of ether oxygens (including phenoxy) is 3. The van der Waals surface area contributed by atoms with Crippen LogP contribution in [0, 0.1) is 23.2 Å². The molecule has 1 aromatic carbocycles. The van der Waals surface area contributed by atoms with Gasteiger partial charge in [-0.3, -0.25) is 4.79 Å². The first-order valence-corrected chi connectivity index (χ1v) is 19.0. The number of anilines is 1. The van der Waals surface area contributed by atoms with Crippen molar-refractivity contribution >= 4 is 11.7 Å². The van der Waals surface area contributed by atoms with E-state index < -0.39 is 47.9 Å². The van der Waals surface area contributed by atoms with Crippen molar-refractivity contribution in [3.05, 3.63) is 71.0 Å². The number of alkyl halides is 3. The first kappa shape index (κ1) is 37.8. The van der Waals surface area contributed by atoms with Crippen LogP contribution in [0.15, 0.2) is 48.5 Å². The van der Waals surface area contributed by atoms with E-state index in [2.05, 4.69) is 38.8 Å². The lowest BCUT2D eigenvalue weighted by molar-refractivity contribution is -0.222. The van der Waals surface area contributed by atoms with Gasteiger partial charge in [0.05, 0.1) is 12.7 Å². The number of carbonyl (C=O) groups is 1. The van der Waals surface area contributed by atoms with Gasteiger partial charge in [0.2, 0.25) is 5.88 Å². The van der Waals surface area contributed by atoms with E-state index in [0.29, 0.717) is 30.2 Å². The molecule has 13 nitrogen and oxygen atoms in total. The maximum absolute atomic E-state index is 13.1. The van der Waals surface area contributed by atoms with Crippen LogP contribution in [0.4, 0.5) is 19.0 Å². The molecule has 1 amide bonds. The van der Waals surface area contributed by atoms with E-state index in [1.54, 1.807) is 6.07 Å². The Kier molecular flexibility index (Phi) is 9.93. The molecule has 4 fully saturated rings. The fourth-order valence-electron chi connectivity index (χ4n) is 10.1. The number of aliphatic hydroxyl groups excluding tert-OH is 3. The van der Waals surface area contributed by atoms with E-state index in [0.717, 1.165) is 51.0 Å². The zero-order valence-electron chi connectivity index (χ0n) is 30.3. The molecule has 8 rings (SSSR count). The highest BCUT2D eigenvalue weighted by Gasteiger charge is 2.60. The standard InChI is InChI=1S/C39H46F3N5O8/c1-37-14-13-24-23-8-7-22(48)17-21(23)16-20(31(24)25(37)9-11-28(37)49)4-3-15-43-35(52)26-10-12-30(47-46-26)53-18-38-19-54-36(55-38)32(33(50)34(38)51)45-29-6-2-5-27(44-29)39(40,41)42/h2,5-8,10,12,17,20,24-25,28,31-34,36,48-51H,3-4,9,11,13-16,18-19H2,1H3,(H,43,52)(H,44,45)/t20?,24?,25?,28-,31?,32+,33+,34+,36-,37-,38-/m0/s1. The maximum Gasteiger partial charge on any atom is 0.433 e. The summed E-state index contributed by atoms with van der Waals surface area (Å²) in [6.07, 6.45) is -2.77. The van der Waals surface area contributed by atoms with Gasteiger partial charge in [0.15, 0.2) is 17.6 Å². The molecule has 2 saturated carbocycles. The van der Waals surface area contributed by atoms with Gasteiger partial charge in [-0.15, -0.1) is 10.2 Å². The smallest absolute Gasteiger partial charge is 0.433 e. The number of pyridine rings is 1. The molecule has 16 heteroatoms. The molecule has 0 radical (unpaired) electrons. The summed E-state index contributed by atoms with van der Waals surface area (Å²) in [7, 11) is 0. The summed E-state index contributed by atoms with van der Waals surface area (Å²) in [6, 6.07) is 10.8. The van der Waals surface area contributed by atoms with Crippen LogP contribution < -0.4 is 15.4 Å². The van der Waals surface area contributed by atoms with Crippen LogP contribution in [0.2, 0.25) is 0 Å². The number of nitrogens with zero attached hydrogens (tertiary/aromatic N) is 3. The molecule has 296 valence electrons. The molecule has 2 bridgehead atoms. The normalized spacial score (nSPS) is 35.0. The predicted molar refractivity (Wildman–Crippen MR) is 189 cm³/mol. The average molecular weight is 770 g/mol. The number of amides is 1. The molecule has 4 heterocycles. The zero-order valence-corrected chi connectivity index (χ0v) is 30.3.